The van der Waals surface area contributed by atoms with Crippen LogP contribution in [-0.2, 0) is 21.1 Å². The Morgan fingerprint density at radius 2 is 0.898 bits per heavy atom. The SMILES string of the molecule is [Pt+4].[c-]1c(Oc2[c-]c(N3[CH-]N(c4ccccc4)c4ccccc43)cc(-c3ccc(-c4ccccc4)cc3)c2)cccc1-c1[c-]ccc(-c2ccc(-c3ccccc3)cc2)c1. The molecule has 0 aromatic heterocycles. The number of nitrogens with zero attached hydrogens (tertiary/aromatic N) is 2. The molecule has 1 aliphatic heterocycles. The first-order valence-corrected chi connectivity index (χ1v) is 19.4. The molecule has 0 saturated heterocycles. The minimum Gasteiger partial charge on any atom is -0.504 e. The Labute approximate surface area is 360 Å². The molecule has 0 amide bonds. The minimum absolute atomic E-state index is 0. The summed E-state index contributed by atoms with van der Waals surface area (Å²) >= 11 is 0. The third kappa shape index (κ3) is 7.99. The van der Waals surface area contributed by atoms with Crippen molar-refractivity contribution in [1.82, 2.24) is 0 Å². The second-order valence-corrected chi connectivity index (χ2v) is 14.2. The van der Waals surface area contributed by atoms with Gasteiger partial charge in [-0.15, -0.1) is 59.9 Å². The summed E-state index contributed by atoms with van der Waals surface area (Å²) in [5.41, 5.74) is 15.0. The Morgan fingerprint density at radius 3 is 1.53 bits per heavy atom. The van der Waals surface area contributed by atoms with Gasteiger partial charge in [-0.25, -0.2) is 11.1 Å². The first-order valence-electron chi connectivity index (χ1n) is 19.4. The third-order valence-electron chi connectivity index (χ3n) is 10.5. The number of benzene rings is 9. The van der Waals surface area contributed by atoms with Crippen LogP contribution in [0.15, 0.2) is 212 Å². The maximum Gasteiger partial charge on any atom is 4.00 e. The number of hydrogen-bond donors (Lipinski definition) is 0. The van der Waals surface area contributed by atoms with Crippen molar-refractivity contribution in [2.75, 3.05) is 9.80 Å². The van der Waals surface area contributed by atoms with Gasteiger partial charge in [-0.2, -0.15) is 30.3 Å². The first kappa shape index (κ1) is 37.6. The van der Waals surface area contributed by atoms with Crippen LogP contribution < -0.4 is 14.5 Å². The molecule has 0 spiro atoms. The standard InChI is InChI=1S/C55H36N2O.Pt/c1-4-14-40(15-5-1)42-26-30-44(31-27-42)46-18-12-19-47(34-46)48-20-13-23-52(36-48)58-53-37-49(45-32-28-43(29-33-45)41-16-6-2-7-17-41)35-51(38-53)57-39-56(50-21-8-3-9-22-50)54-24-10-11-25-55(54)57;/h1-18,20-35,37,39H;/q-4;+4. The van der Waals surface area contributed by atoms with Crippen LogP contribution in [0.2, 0.25) is 0 Å². The molecule has 9 aromatic rings. The smallest absolute Gasteiger partial charge is 0.504 e. The van der Waals surface area contributed by atoms with E-state index in [1.54, 1.807) is 0 Å². The largest absolute Gasteiger partial charge is 4.00 e. The molecule has 0 bridgehead atoms. The molecule has 0 fully saturated rings. The van der Waals surface area contributed by atoms with Crippen LogP contribution in [0.3, 0.4) is 0 Å². The first-order chi connectivity index (χ1) is 28.7. The van der Waals surface area contributed by atoms with E-state index in [0.717, 1.165) is 56.1 Å². The number of ether oxygens (including phenoxy) is 1. The molecule has 0 unspecified atom stereocenters. The van der Waals surface area contributed by atoms with Crippen molar-refractivity contribution < 1.29 is 25.8 Å². The maximum absolute atomic E-state index is 6.69. The van der Waals surface area contributed by atoms with Crippen LogP contribution in [0, 0.1) is 24.9 Å². The molecule has 282 valence electrons. The van der Waals surface area contributed by atoms with E-state index in [-0.39, 0.29) is 21.1 Å². The summed E-state index contributed by atoms with van der Waals surface area (Å²) in [6.07, 6.45) is 0. The number of para-hydroxylation sites is 3. The molecule has 1 aliphatic rings. The van der Waals surface area contributed by atoms with E-state index in [1.165, 1.54) is 22.3 Å². The molecule has 4 heteroatoms. The van der Waals surface area contributed by atoms with Gasteiger partial charge in [0.25, 0.3) is 0 Å². The summed E-state index contributed by atoms with van der Waals surface area (Å²) in [7, 11) is 0. The van der Waals surface area contributed by atoms with E-state index < -0.39 is 0 Å². The summed E-state index contributed by atoms with van der Waals surface area (Å²) in [6, 6.07) is 84.2. The Balaban J connectivity index is 0.00000449. The minimum atomic E-state index is 0. The van der Waals surface area contributed by atoms with E-state index in [4.69, 9.17) is 4.74 Å². The van der Waals surface area contributed by atoms with Crippen LogP contribution in [-0.4, -0.2) is 0 Å². The zero-order valence-corrected chi connectivity index (χ0v) is 34.2. The van der Waals surface area contributed by atoms with Gasteiger partial charge in [0, 0.05) is 28.6 Å². The fourth-order valence-corrected chi connectivity index (χ4v) is 7.53. The Hall–Kier alpha value is -6.93. The van der Waals surface area contributed by atoms with Gasteiger partial charge < -0.3 is 14.5 Å². The predicted molar refractivity (Wildman–Crippen MR) is 238 cm³/mol. The van der Waals surface area contributed by atoms with Gasteiger partial charge in [-0.05, 0) is 57.6 Å². The van der Waals surface area contributed by atoms with Crippen LogP contribution >= 0.6 is 0 Å². The van der Waals surface area contributed by atoms with Gasteiger partial charge in [0.15, 0.2) is 0 Å². The molecular formula is C55H36N2OPt. The van der Waals surface area contributed by atoms with Crippen LogP contribution in [0.5, 0.6) is 11.5 Å². The predicted octanol–water partition coefficient (Wildman–Crippen LogP) is 14.6. The molecule has 59 heavy (non-hydrogen) atoms. The number of hydrogen-bond acceptors (Lipinski definition) is 3. The number of rotatable bonds is 9. The Bertz CT molecular complexity index is 2820. The van der Waals surface area contributed by atoms with E-state index in [1.807, 2.05) is 36.4 Å². The Kier molecular flexibility index (Phi) is 10.8. The van der Waals surface area contributed by atoms with Crippen molar-refractivity contribution in [2.45, 2.75) is 0 Å². The fraction of sp³-hybridized carbons (Fsp3) is 0. The molecule has 10 rings (SSSR count). The van der Waals surface area contributed by atoms with Crippen molar-refractivity contribution in [2.24, 2.45) is 0 Å². The monoisotopic (exact) mass is 935 g/mol. The van der Waals surface area contributed by atoms with Crippen LogP contribution in [0.25, 0.3) is 55.6 Å². The molecule has 3 nitrogen and oxygen atoms in total. The summed E-state index contributed by atoms with van der Waals surface area (Å²) in [4.78, 5) is 4.40. The van der Waals surface area contributed by atoms with Crippen molar-refractivity contribution in [3.05, 3.63) is 237 Å². The zero-order valence-electron chi connectivity index (χ0n) is 31.9. The molecular weight excluding hydrogens is 900 g/mol. The molecule has 0 atom stereocenters. The van der Waals surface area contributed by atoms with Gasteiger partial charge in [-0.3, -0.25) is 0 Å². The molecule has 9 aromatic carbocycles. The number of anilines is 4. The molecule has 0 saturated carbocycles. The molecule has 0 radical (unpaired) electrons. The van der Waals surface area contributed by atoms with Crippen molar-refractivity contribution >= 4 is 22.7 Å². The van der Waals surface area contributed by atoms with Gasteiger partial charge in [0.1, 0.15) is 0 Å². The van der Waals surface area contributed by atoms with Crippen molar-refractivity contribution in [3.63, 3.8) is 0 Å². The van der Waals surface area contributed by atoms with E-state index in [2.05, 4.69) is 211 Å². The van der Waals surface area contributed by atoms with Crippen LogP contribution in [0.4, 0.5) is 22.7 Å². The quantitative estimate of drug-likeness (QED) is 0.134. The van der Waals surface area contributed by atoms with E-state index in [0.29, 0.717) is 11.5 Å². The van der Waals surface area contributed by atoms with E-state index in [9.17, 15) is 0 Å². The topological polar surface area (TPSA) is 15.7 Å². The van der Waals surface area contributed by atoms with Gasteiger partial charge in [0.2, 0.25) is 0 Å². The van der Waals surface area contributed by atoms with Gasteiger partial charge in [0.05, 0.1) is 0 Å². The Morgan fingerprint density at radius 1 is 0.373 bits per heavy atom. The molecule has 0 N–H and O–H groups in total. The second kappa shape index (κ2) is 16.9. The zero-order chi connectivity index (χ0) is 38.7. The third-order valence-corrected chi connectivity index (χ3v) is 10.5. The summed E-state index contributed by atoms with van der Waals surface area (Å²) in [6.45, 7) is 2.13. The maximum atomic E-state index is 6.69. The average molecular weight is 936 g/mol. The summed E-state index contributed by atoms with van der Waals surface area (Å²) < 4.78 is 6.69. The van der Waals surface area contributed by atoms with Crippen LogP contribution in [0.1, 0.15) is 0 Å². The van der Waals surface area contributed by atoms with Crippen molar-refractivity contribution in [3.8, 4) is 67.1 Å². The van der Waals surface area contributed by atoms with Gasteiger partial charge in [-0.1, -0.05) is 140 Å². The van der Waals surface area contributed by atoms with Crippen molar-refractivity contribution in [1.29, 1.82) is 0 Å². The second-order valence-electron chi connectivity index (χ2n) is 14.2. The summed E-state index contributed by atoms with van der Waals surface area (Å²) in [5.74, 6) is 1.19. The molecule has 1 heterocycles. The van der Waals surface area contributed by atoms with Gasteiger partial charge >= 0.3 is 21.1 Å². The fourth-order valence-electron chi connectivity index (χ4n) is 7.53. The molecule has 0 aliphatic carbocycles. The van der Waals surface area contributed by atoms with E-state index >= 15 is 0 Å². The average Bonchev–Trinajstić information content (AvgIpc) is 3.70. The number of fused-ring (bicyclic) bond motifs is 1. The normalized spacial score (nSPS) is 11.8. The summed E-state index contributed by atoms with van der Waals surface area (Å²) in [5, 5.41) is 0.